The lowest BCUT2D eigenvalue weighted by Gasteiger charge is -2.04. The summed E-state index contributed by atoms with van der Waals surface area (Å²) in [5.74, 6) is 0.948. The lowest BCUT2D eigenvalue weighted by molar-refractivity contribution is 0.317. The van der Waals surface area contributed by atoms with Crippen LogP contribution in [0.25, 0.3) is 33.5 Å². The van der Waals surface area contributed by atoms with Crippen LogP contribution >= 0.6 is 0 Å². The van der Waals surface area contributed by atoms with Gasteiger partial charge in [-0.05, 0) is 43.7 Å². The van der Waals surface area contributed by atoms with E-state index >= 15 is 0 Å². The number of rotatable bonds is 3. The fraction of sp³-hybridized carbons (Fsp3) is 0.222. The number of H-pyrrole nitrogens is 1. The molecule has 0 aliphatic rings. The molecule has 2 heterocycles. The van der Waals surface area contributed by atoms with Crippen LogP contribution in [0.4, 0.5) is 0 Å². The molecule has 0 aliphatic heterocycles. The van der Waals surface area contributed by atoms with Crippen molar-refractivity contribution in [3.63, 3.8) is 0 Å². The third kappa shape index (κ3) is 2.16. The van der Waals surface area contributed by atoms with Crippen molar-refractivity contribution in [1.82, 2.24) is 19.5 Å². The van der Waals surface area contributed by atoms with Gasteiger partial charge in [0, 0.05) is 12.6 Å². The Labute approximate surface area is 133 Å². The molecule has 23 heavy (non-hydrogen) atoms. The zero-order chi connectivity index (χ0) is 16.0. The second kappa shape index (κ2) is 5.12. The largest absolute Gasteiger partial charge is 0.465 e. The van der Waals surface area contributed by atoms with Gasteiger partial charge in [0.15, 0.2) is 0 Å². The minimum Gasteiger partial charge on any atom is -0.465 e. The topological polar surface area (TPSA) is 55.7 Å². The van der Waals surface area contributed by atoms with Gasteiger partial charge < -0.3 is 14.3 Å². The number of imidazole rings is 2. The van der Waals surface area contributed by atoms with E-state index in [1.807, 2.05) is 32.2 Å². The molecule has 5 nitrogen and oxygen atoms in total. The summed E-state index contributed by atoms with van der Waals surface area (Å²) < 4.78 is 7.60. The number of benzene rings is 2. The molecule has 1 N–H and O–H groups in total. The highest BCUT2D eigenvalue weighted by molar-refractivity contribution is 5.87. The SMILES string of the molecule is CCOc1nc2c(C)cc(-c3nc4ccccc4n3C)cc2[nH]1. The van der Waals surface area contributed by atoms with Gasteiger partial charge >= 0.3 is 0 Å². The number of hydrogen-bond donors (Lipinski definition) is 1. The van der Waals surface area contributed by atoms with Gasteiger partial charge in [-0.15, -0.1) is 0 Å². The fourth-order valence-corrected chi connectivity index (χ4v) is 3.01. The number of hydrogen-bond acceptors (Lipinski definition) is 3. The van der Waals surface area contributed by atoms with Crippen molar-refractivity contribution < 1.29 is 4.74 Å². The van der Waals surface area contributed by atoms with Crippen LogP contribution in [-0.2, 0) is 7.05 Å². The first kappa shape index (κ1) is 13.8. The van der Waals surface area contributed by atoms with E-state index in [4.69, 9.17) is 9.72 Å². The Hall–Kier alpha value is -2.82. The lowest BCUT2D eigenvalue weighted by atomic mass is 10.1. The van der Waals surface area contributed by atoms with Crippen molar-refractivity contribution in [2.45, 2.75) is 13.8 Å². The van der Waals surface area contributed by atoms with Crippen molar-refractivity contribution in [3.05, 3.63) is 42.0 Å². The monoisotopic (exact) mass is 306 g/mol. The number of ether oxygens (including phenoxy) is 1. The first-order valence-corrected chi connectivity index (χ1v) is 7.72. The van der Waals surface area contributed by atoms with Crippen LogP contribution in [0.5, 0.6) is 6.01 Å². The predicted octanol–water partition coefficient (Wildman–Crippen LogP) is 3.82. The maximum Gasteiger partial charge on any atom is 0.294 e. The molecular formula is C18H18N4O. The number of nitrogens with one attached hydrogen (secondary N) is 1. The molecule has 5 heteroatoms. The van der Waals surface area contributed by atoms with Gasteiger partial charge in [-0.3, -0.25) is 0 Å². The Balaban J connectivity index is 1.92. The Bertz CT molecular complexity index is 1010. The highest BCUT2D eigenvalue weighted by Crippen LogP contribution is 2.29. The maximum absolute atomic E-state index is 5.48. The van der Waals surface area contributed by atoms with Crippen molar-refractivity contribution >= 4 is 22.1 Å². The summed E-state index contributed by atoms with van der Waals surface area (Å²) in [6.45, 7) is 4.60. The van der Waals surface area contributed by atoms with Gasteiger partial charge in [0.2, 0.25) is 0 Å². The van der Waals surface area contributed by atoms with Crippen LogP contribution < -0.4 is 4.74 Å². The molecule has 0 atom stereocenters. The van der Waals surface area contributed by atoms with E-state index < -0.39 is 0 Å². The number of aromatic amines is 1. The van der Waals surface area contributed by atoms with E-state index in [9.17, 15) is 0 Å². The third-order valence-corrected chi connectivity index (χ3v) is 4.08. The van der Waals surface area contributed by atoms with Crippen LogP contribution in [0.2, 0.25) is 0 Å². The average Bonchev–Trinajstić information content (AvgIpc) is 3.10. The van der Waals surface area contributed by atoms with E-state index in [2.05, 4.69) is 39.7 Å². The molecule has 4 aromatic rings. The highest BCUT2D eigenvalue weighted by atomic mass is 16.5. The molecule has 0 radical (unpaired) electrons. The summed E-state index contributed by atoms with van der Waals surface area (Å²) in [4.78, 5) is 12.5. The van der Waals surface area contributed by atoms with Gasteiger partial charge in [-0.25, -0.2) is 4.98 Å². The molecule has 0 unspecified atom stereocenters. The van der Waals surface area contributed by atoms with Gasteiger partial charge in [-0.1, -0.05) is 12.1 Å². The summed E-state index contributed by atoms with van der Waals surface area (Å²) in [6.07, 6.45) is 0. The molecule has 0 bridgehead atoms. The minimum absolute atomic E-state index is 0.563. The molecule has 116 valence electrons. The lowest BCUT2D eigenvalue weighted by Crippen LogP contribution is -1.93. The molecule has 0 fully saturated rings. The van der Waals surface area contributed by atoms with Gasteiger partial charge in [0.05, 0.1) is 28.7 Å². The second-order valence-corrected chi connectivity index (χ2v) is 5.65. The summed E-state index contributed by atoms with van der Waals surface area (Å²) in [6, 6.07) is 12.9. The first-order chi connectivity index (χ1) is 11.2. The normalized spacial score (nSPS) is 11.4. The van der Waals surface area contributed by atoms with Crippen LogP contribution in [0.15, 0.2) is 36.4 Å². The summed E-state index contributed by atoms with van der Waals surface area (Å²) in [5.41, 5.74) is 6.21. The Morgan fingerprint density at radius 2 is 2.00 bits per heavy atom. The molecule has 0 saturated heterocycles. The van der Waals surface area contributed by atoms with Gasteiger partial charge in [-0.2, -0.15) is 4.98 Å². The summed E-state index contributed by atoms with van der Waals surface area (Å²) in [5, 5.41) is 0. The van der Waals surface area contributed by atoms with E-state index in [1.165, 1.54) is 0 Å². The van der Waals surface area contributed by atoms with Crippen molar-refractivity contribution in [1.29, 1.82) is 0 Å². The van der Waals surface area contributed by atoms with E-state index in [1.54, 1.807) is 0 Å². The molecule has 0 amide bonds. The zero-order valence-electron chi connectivity index (χ0n) is 13.4. The average molecular weight is 306 g/mol. The Morgan fingerprint density at radius 1 is 1.17 bits per heavy atom. The summed E-state index contributed by atoms with van der Waals surface area (Å²) in [7, 11) is 2.04. The molecule has 4 rings (SSSR count). The molecule has 0 aliphatic carbocycles. The number of fused-ring (bicyclic) bond motifs is 2. The standard InChI is InChI=1S/C18H18N4O/c1-4-23-18-20-14-10-12(9-11(2)16(14)21-18)17-19-13-7-5-6-8-15(13)22(17)3/h5-10H,4H2,1-3H3,(H,20,21). The molecule has 2 aromatic heterocycles. The maximum atomic E-state index is 5.48. The number of aromatic nitrogens is 4. The minimum atomic E-state index is 0.563. The Kier molecular flexibility index (Phi) is 3.08. The quantitative estimate of drug-likeness (QED) is 0.626. The molecule has 0 saturated carbocycles. The van der Waals surface area contributed by atoms with Crippen LogP contribution in [-0.4, -0.2) is 26.1 Å². The van der Waals surface area contributed by atoms with Crippen molar-refractivity contribution in [2.75, 3.05) is 6.61 Å². The van der Waals surface area contributed by atoms with Crippen LogP contribution in [0, 0.1) is 6.92 Å². The molecule has 2 aromatic carbocycles. The van der Waals surface area contributed by atoms with Gasteiger partial charge in [0.25, 0.3) is 6.01 Å². The molecular weight excluding hydrogens is 288 g/mol. The predicted molar refractivity (Wildman–Crippen MR) is 91.7 cm³/mol. The van der Waals surface area contributed by atoms with E-state index in [0.717, 1.165) is 39.0 Å². The van der Waals surface area contributed by atoms with E-state index in [0.29, 0.717) is 12.6 Å². The van der Waals surface area contributed by atoms with Crippen LogP contribution in [0.1, 0.15) is 12.5 Å². The Morgan fingerprint density at radius 3 is 2.78 bits per heavy atom. The number of aryl methyl sites for hydroxylation is 2. The zero-order valence-corrected chi connectivity index (χ0v) is 13.4. The van der Waals surface area contributed by atoms with Gasteiger partial charge in [0.1, 0.15) is 5.82 Å². The van der Waals surface area contributed by atoms with Crippen molar-refractivity contribution in [2.24, 2.45) is 7.05 Å². The summed E-state index contributed by atoms with van der Waals surface area (Å²) >= 11 is 0. The smallest absolute Gasteiger partial charge is 0.294 e. The number of nitrogens with zero attached hydrogens (tertiary/aromatic N) is 3. The third-order valence-electron chi connectivity index (χ3n) is 4.08. The highest BCUT2D eigenvalue weighted by Gasteiger charge is 2.13. The van der Waals surface area contributed by atoms with E-state index in [-0.39, 0.29) is 0 Å². The first-order valence-electron chi connectivity index (χ1n) is 7.72. The van der Waals surface area contributed by atoms with Crippen molar-refractivity contribution in [3.8, 4) is 17.4 Å². The molecule has 0 spiro atoms. The fourth-order valence-electron chi connectivity index (χ4n) is 3.01. The second-order valence-electron chi connectivity index (χ2n) is 5.65. The van der Waals surface area contributed by atoms with Crippen LogP contribution in [0.3, 0.4) is 0 Å². The number of para-hydroxylation sites is 2.